The zero-order valence-electron chi connectivity index (χ0n) is 16.8. The summed E-state index contributed by atoms with van der Waals surface area (Å²) in [7, 11) is 0. The van der Waals surface area contributed by atoms with Crippen LogP contribution >= 0.6 is 0 Å². The Labute approximate surface area is 152 Å². The first kappa shape index (κ1) is 18.4. The third-order valence-electron chi connectivity index (χ3n) is 6.49. The second-order valence-electron chi connectivity index (χ2n) is 9.33. The summed E-state index contributed by atoms with van der Waals surface area (Å²) >= 11 is 0. The molecule has 2 fully saturated rings. The van der Waals surface area contributed by atoms with Crippen LogP contribution in [0.5, 0.6) is 0 Å². The lowest BCUT2D eigenvalue weighted by molar-refractivity contribution is -0.215. The summed E-state index contributed by atoms with van der Waals surface area (Å²) in [5, 5.41) is 11.6. The molecular formula is C22H32N2O. The highest BCUT2D eigenvalue weighted by Gasteiger charge is 2.57. The zero-order valence-corrected chi connectivity index (χ0v) is 16.8. The van der Waals surface area contributed by atoms with Crippen molar-refractivity contribution in [3.63, 3.8) is 0 Å². The van der Waals surface area contributed by atoms with Crippen molar-refractivity contribution in [3.8, 4) is 6.07 Å². The van der Waals surface area contributed by atoms with Gasteiger partial charge in [0.2, 0.25) is 0 Å². The summed E-state index contributed by atoms with van der Waals surface area (Å²) in [6.45, 7) is 15.9. The van der Waals surface area contributed by atoms with Crippen LogP contribution in [0.25, 0.3) is 0 Å². The van der Waals surface area contributed by atoms with Crippen LogP contribution in [0.3, 0.4) is 0 Å². The number of aryl methyl sites for hydroxylation is 1. The molecule has 3 heteroatoms. The SMILES string of the molecule is Cc1ccc(C#N)cc1C1(C)CC(C)C2C(C1)C(C)(C)ON2C(C)C. The number of rotatable bonds is 2. The van der Waals surface area contributed by atoms with Gasteiger partial charge in [-0.1, -0.05) is 19.9 Å². The standard InChI is InChI=1S/C22H32N2O/c1-14(2)24-20-16(4)11-22(7,12-19(20)21(5,6)25-24)18-10-17(13-23)9-8-15(18)3/h8-10,14,16,19-20H,11-12H2,1-7H3. The highest BCUT2D eigenvalue weighted by Crippen LogP contribution is 2.54. The lowest BCUT2D eigenvalue weighted by Crippen LogP contribution is -2.50. The fraction of sp³-hybridized carbons (Fsp3) is 0.682. The minimum Gasteiger partial charge on any atom is -0.292 e. The predicted octanol–water partition coefficient (Wildman–Crippen LogP) is 4.97. The van der Waals surface area contributed by atoms with Crippen LogP contribution in [0.2, 0.25) is 0 Å². The van der Waals surface area contributed by atoms with Crippen LogP contribution in [0, 0.1) is 30.1 Å². The molecule has 1 heterocycles. The van der Waals surface area contributed by atoms with Crippen LogP contribution in [-0.4, -0.2) is 22.7 Å². The molecule has 1 saturated carbocycles. The van der Waals surface area contributed by atoms with Gasteiger partial charge in [0.05, 0.1) is 17.2 Å². The molecule has 0 radical (unpaired) electrons. The van der Waals surface area contributed by atoms with Crippen molar-refractivity contribution >= 4 is 0 Å². The Morgan fingerprint density at radius 3 is 2.52 bits per heavy atom. The largest absolute Gasteiger partial charge is 0.292 e. The number of hydrogen-bond acceptors (Lipinski definition) is 3. The van der Waals surface area contributed by atoms with Gasteiger partial charge >= 0.3 is 0 Å². The van der Waals surface area contributed by atoms with E-state index in [0.717, 1.165) is 18.4 Å². The molecule has 3 rings (SSSR count). The maximum absolute atomic E-state index is 9.34. The lowest BCUT2D eigenvalue weighted by atomic mass is 9.58. The molecule has 1 aliphatic heterocycles. The summed E-state index contributed by atoms with van der Waals surface area (Å²) in [4.78, 5) is 6.41. The first-order chi connectivity index (χ1) is 11.6. The summed E-state index contributed by atoms with van der Waals surface area (Å²) in [6, 6.07) is 9.33. The van der Waals surface area contributed by atoms with Gasteiger partial charge in [-0.3, -0.25) is 4.84 Å². The molecule has 1 aliphatic carbocycles. The van der Waals surface area contributed by atoms with Crippen molar-refractivity contribution in [2.75, 3.05) is 0 Å². The van der Waals surface area contributed by atoms with Crippen molar-refractivity contribution in [2.45, 2.75) is 84.4 Å². The van der Waals surface area contributed by atoms with E-state index in [4.69, 9.17) is 4.84 Å². The van der Waals surface area contributed by atoms with E-state index < -0.39 is 0 Å². The molecule has 0 spiro atoms. The van der Waals surface area contributed by atoms with Gasteiger partial charge in [-0.25, -0.2) is 0 Å². The maximum Gasteiger partial charge on any atom is 0.0991 e. The minimum absolute atomic E-state index is 0.0884. The molecule has 0 N–H and O–H groups in total. The molecule has 4 atom stereocenters. The van der Waals surface area contributed by atoms with Crippen molar-refractivity contribution in [1.82, 2.24) is 5.06 Å². The second-order valence-corrected chi connectivity index (χ2v) is 9.33. The number of hydrogen-bond donors (Lipinski definition) is 0. The molecule has 4 unspecified atom stereocenters. The van der Waals surface area contributed by atoms with Crippen LogP contribution in [0.4, 0.5) is 0 Å². The normalized spacial score (nSPS) is 34.8. The van der Waals surface area contributed by atoms with Crippen LogP contribution in [-0.2, 0) is 10.3 Å². The van der Waals surface area contributed by atoms with E-state index in [1.54, 1.807) is 0 Å². The average Bonchev–Trinajstić information content (AvgIpc) is 2.79. The molecular weight excluding hydrogens is 308 g/mol. The first-order valence-electron chi connectivity index (χ1n) is 9.58. The number of fused-ring (bicyclic) bond motifs is 1. The second kappa shape index (κ2) is 6.11. The molecule has 0 bridgehead atoms. The van der Waals surface area contributed by atoms with Gasteiger partial charge in [0.15, 0.2) is 0 Å². The van der Waals surface area contributed by atoms with Crippen molar-refractivity contribution in [3.05, 3.63) is 34.9 Å². The molecule has 1 aromatic rings. The van der Waals surface area contributed by atoms with E-state index in [-0.39, 0.29) is 11.0 Å². The number of nitriles is 1. The Balaban J connectivity index is 2.01. The maximum atomic E-state index is 9.34. The summed E-state index contributed by atoms with van der Waals surface area (Å²) < 4.78 is 0. The highest BCUT2D eigenvalue weighted by atomic mass is 16.7. The third-order valence-corrected chi connectivity index (χ3v) is 6.49. The Morgan fingerprint density at radius 2 is 1.92 bits per heavy atom. The predicted molar refractivity (Wildman–Crippen MR) is 101 cm³/mol. The highest BCUT2D eigenvalue weighted by molar-refractivity contribution is 5.42. The van der Waals surface area contributed by atoms with Gasteiger partial charge in [0.25, 0.3) is 0 Å². The van der Waals surface area contributed by atoms with Crippen molar-refractivity contribution in [1.29, 1.82) is 5.26 Å². The number of nitrogens with zero attached hydrogens (tertiary/aromatic N) is 2. The third kappa shape index (κ3) is 3.00. The monoisotopic (exact) mass is 340 g/mol. The summed E-state index contributed by atoms with van der Waals surface area (Å²) in [6.07, 6.45) is 2.24. The molecule has 1 aromatic carbocycles. The van der Waals surface area contributed by atoms with Crippen LogP contribution < -0.4 is 0 Å². The van der Waals surface area contributed by atoms with E-state index in [9.17, 15) is 5.26 Å². The Hall–Kier alpha value is -1.37. The number of hydroxylamine groups is 2. The van der Waals surface area contributed by atoms with E-state index in [1.807, 2.05) is 6.07 Å². The Bertz CT molecular complexity index is 702. The Kier molecular flexibility index (Phi) is 4.50. The fourth-order valence-electron chi connectivity index (χ4n) is 5.41. The van der Waals surface area contributed by atoms with Crippen molar-refractivity contribution < 1.29 is 4.84 Å². The van der Waals surface area contributed by atoms with Crippen LogP contribution in [0.15, 0.2) is 18.2 Å². The van der Waals surface area contributed by atoms with Gasteiger partial charge in [-0.2, -0.15) is 10.3 Å². The fourth-order valence-corrected chi connectivity index (χ4v) is 5.41. The topological polar surface area (TPSA) is 36.3 Å². The van der Waals surface area contributed by atoms with Crippen molar-refractivity contribution in [2.24, 2.45) is 11.8 Å². The quantitative estimate of drug-likeness (QED) is 0.762. The molecule has 0 aromatic heterocycles. The van der Waals surface area contributed by atoms with Gasteiger partial charge in [0.1, 0.15) is 0 Å². The summed E-state index contributed by atoms with van der Waals surface area (Å²) in [5.74, 6) is 1.05. The minimum atomic E-state index is -0.147. The number of benzene rings is 1. The average molecular weight is 341 g/mol. The van der Waals surface area contributed by atoms with E-state index in [1.165, 1.54) is 11.1 Å². The summed E-state index contributed by atoms with van der Waals surface area (Å²) in [5.41, 5.74) is 3.35. The molecule has 0 amide bonds. The van der Waals surface area contributed by atoms with Gasteiger partial charge in [-0.05, 0) is 82.1 Å². The Morgan fingerprint density at radius 1 is 1.24 bits per heavy atom. The molecule has 2 aliphatic rings. The van der Waals surface area contributed by atoms with E-state index in [2.05, 4.69) is 71.7 Å². The van der Waals surface area contributed by atoms with E-state index >= 15 is 0 Å². The zero-order chi connectivity index (χ0) is 18.6. The molecule has 25 heavy (non-hydrogen) atoms. The molecule has 1 saturated heterocycles. The van der Waals surface area contributed by atoms with Gasteiger partial charge in [0, 0.05) is 18.0 Å². The van der Waals surface area contributed by atoms with Gasteiger partial charge in [-0.15, -0.1) is 0 Å². The smallest absolute Gasteiger partial charge is 0.0991 e. The first-order valence-corrected chi connectivity index (χ1v) is 9.58. The lowest BCUT2D eigenvalue weighted by Gasteiger charge is -2.47. The molecule has 3 nitrogen and oxygen atoms in total. The van der Waals surface area contributed by atoms with Crippen LogP contribution in [0.1, 0.15) is 71.1 Å². The van der Waals surface area contributed by atoms with E-state index in [0.29, 0.717) is 23.9 Å². The molecule has 136 valence electrons. The van der Waals surface area contributed by atoms with Gasteiger partial charge < -0.3 is 0 Å².